The highest BCUT2D eigenvalue weighted by atomic mass is 127. The quantitative estimate of drug-likeness (QED) is 0.851. The van der Waals surface area contributed by atoms with E-state index in [1.165, 1.54) is 0 Å². The number of halogens is 1. The van der Waals surface area contributed by atoms with Gasteiger partial charge in [0.25, 0.3) is 0 Å². The van der Waals surface area contributed by atoms with Crippen LogP contribution >= 0.6 is 22.6 Å². The molecule has 0 aliphatic heterocycles. The van der Waals surface area contributed by atoms with E-state index in [0.717, 1.165) is 3.57 Å². The van der Waals surface area contributed by atoms with Crippen molar-refractivity contribution in [2.45, 2.75) is 25.9 Å². The Labute approximate surface area is 106 Å². The average Bonchev–Trinajstić information content (AvgIpc) is 2.74. The summed E-state index contributed by atoms with van der Waals surface area (Å²) in [4.78, 5) is 4.22. The predicted molar refractivity (Wildman–Crippen MR) is 65.6 cm³/mol. The van der Waals surface area contributed by atoms with Gasteiger partial charge in [0.1, 0.15) is 6.54 Å². The van der Waals surface area contributed by atoms with Crippen molar-refractivity contribution in [2.24, 2.45) is 5.73 Å². The van der Waals surface area contributed by atoms with Gasteiger partial charge in [0.05, 0.1) is 15.3 Å². The van der Waals surface area contributed by atoms with Gasteiger partial charge < -0.3 is 10.3 Å². The number of hydrogen-bond donors (Lipinski definition) is 1. The summed E-state index contributed by atoms with van der Waals surface area (Å²) < 4.78 is 7.90. The maximum Gasteiger partial charge on any atom is 0.248 e. The molecule has 0 aromatic carbocycles. The van der Waals surface area contributed by atoms with Gasteiger partial charge in [-0.1, -0.05) is 5.16 Å². The van der Waals surface area contributed by atoms with Crippen LogP contribution in [-0.2, 0) is 12.1 Å². The zero-order valence-corrected chi connectivity index (χ0v) is 11.2. The molecule has 86 valence electrons. The van der Waals surface area contributed by atoms with Crippen molar-refractivity contribution >= 4 is 22.6 Å². The molecular formula is C9H12IN5O. The summed E-state index contributed by atoms with van der Waals surface area (Å²) in [5, 5.41) is 7.97. The van der Waals surface area contributed by atoms with Gasteiger partial charge >= 0.3 is 0 Å². The highest BCUT2D eigenvalue weighted by Gasteiger charge is 2.21. The van der Waals surface area contributed by atoms with Crippen molar-refractivity contribution in [2.75, 3.05) is 0 Å². The Bertz CT molecular complexity index is 484. The van der Waals surface area contributed by atoms with Crippen LogP contribution in [0.25, 0.3) is 0 Å². The molecule has 2 N–H and O–H groups in total. The van der Waals surface area contributed by atoms with Crippen LogP contribution in [0.1, 0.15) is 25.6 Å². The van der Waals surface area contributed by atoms with Crippen molar-refractivity contribution in [3.05, 3.63) is 27.7 Å². The average molecular weight is 333 g/mol. The van der Waals surface area contributed by atoms with Crippen LogP contribution in [0.3, 0.4) is 0 Å². The number of aromatic nitrogens is 4. The molecule has 0 unspecified atom stereocenters. The molecule has 2 rings (SSSR count). The van der Waals surface area contributed by atoms with E-state index in [1.807, 2.05) is 20.0 Å². The summed E-state index contributed by atoms with van der Waals surface area (Å²) in [5.74, 6) is 1.01. The summed E-state index contributed by atoms with van der Waals surface area (Å²) in [6, 6.07) is 0. The predicted octanol–water partition coefficient (Wildman–Crippen LogP) is 1.11. The second-order valence-electron chi connectivity index (χ2n) is 4.09. The minimum absolute atomic E-state index is 0.464. The number of hydrogen-bond acceptors (Lipinski definition) is 5. The van der Waals surface area contributed by atoms with Gasteiger partial charge in [0.2, 0.25) is 5.89 Å². The number of nitrogens with two attached hydrogens (primary N) is 1. The molecule has 0 spiro atoms. The third-order valence-corrected chi connectivity index (χ3v) is 2.50. The van der Waals surface area contributed by atoms with Crippen LogP contribution in [0, 0.1) is 3.57 Å². The fourth-order valence-electron chi connectivity index (χ4n) is 1.14. The van der Waals surface area contributed by atoms with Crippen molar-refractivity contribution in [1.82, 2.24) is 19.9 Å². The summed E-state index contributed by atoms with van der Waals surface area (Å²) in [5.41, 5.74) is 5.28. The van der Waals surface area contributed by atoms with Crippen LogP contribution in [-0.4, -0.2) is 19.9 Å². The molecule has 0 aliphatic rings. The first-order chi connectivity index (χ1) is 7.45. The Hall–Kier alpha value is -0.960. The van der Waals surface area contributed by atoms with Gasteiger partial charge in [-0.3, -0.25) is 4.68 Å². The molecule has 7 heteroatoms. The van der Waals surface area contributed by atoms with E-state index in [0.29, 0.717) is 18.3 Å². The molecule has 0 radical (unpaired) electrons. The summed E-state index contributed by atoms with van der Waals surface area (Å²) in [6.45, 7) is 4.13. The Balaban J connectivity index is 2.14. The highest BCUT2D eigenvalue weighted by Crippen LogP contribution is 2.13. The molecule has 2 heterocycles. The SMILES string of the molecule is CC(C)(N)c1noc(Cn2cc(I)cn2)n1. The molecule has 2 aromatic heterocycles. The lowest BCUT2D eigenvalue weighted by atomic mass is 10.1. The third-order valence-electron chi connectivity index (χ3n) is 1.94. The first-order valence-corrected chi connectivity index (χ1v) is 5.83. The molecule has 0 bridgehead atoms. The maximum atomic E-state index is 5.86. The Kier molecular flexibility index (Phi) is 2.98. The van der Waals surface area contributed by atoms with Crippen molar-refractivity contribution < 1.29 is 4.52 Å². The largest absolute Gasteiger partial charge is 0.337 e. The molecule has 0 aliphatic carbocycles. The zero-order chi connectivity index (χ0) is 11.8. The smallest absolute Gasteiger partial charge is 0.248 e. The monoisotopic (exact) mass is 333 g/mol. The Morgan fingerprint density at radius 1 is 1.56 bits per heavy atom. The first kappa shape index (κ1) is 11.5. The minimum Gasteiger partial charge on any atom is -0.337 e. The first-order valence-electron chi connectivity index (χ1n) is 4.75. The lowest BCUT2D eigenvalue weighted by Crippen LogP contribution is -2.30. The van der Waals surface area contributed by atoms with Crippen LogP contribution in [0.4, 0.5) is 0 Å². The van der Waals surface area contributed by atoms with Crippen molar-refractivity contribution in [3.63, 3.8) is 0 Å². The standard InChI is InChI=1S/C9H12IN5O/c1-9(2,11)8-13-7(16-14-8)5-15-4-6(10)3-12-15/h3-4H,5,11H2,1-2H3. The van der Waals surface area contributed by atoms with Gasteiger partial charge in [-0.05, 0) is 36.4 Å². The second kappa shape index (κ2) is 4.13. The van der Waals surface area contributed by atoms with Gasteiger partial charge in [-0.25, -0.2) is 0 Å². The molecule has 0 saturated carbocycles. The van der Waals surface area contributed by atoms with E-state index < -0.39 is 5.54 Å². The molecule has 0 saturated heterocycles. The van der Waals surface area contributed by atoms with Gasteiger partial charge in [-0.2, -0.15) is 10.1 Å². The van der Waals surface area contributed by atoms with E-state index in [1.54, 1.807) is 10.9 Å². The molecule has 16 heavy (non-hydrogen) atoms. The van der Waals surface area contributed by atoms with Crippen LogP contribution in [0.2, 0.25) is 0 Å². The van der Waals surface area contributed by atoms with Crippen molar-refractivity contribution in [3.8, 4) is 0 Å². The lowest BCUT2D eigenvalue weighted by molar-refractivity contribution is 0.351. The number of nitrogens with zero attached hydrogens (tertiary/aromatic N) is 4. The molecule has 0 atom stereocenters. The van der Waals surface area contributed by atoms with Crippen LogP contribution in [0.15, 0.2) is 16.9 Å². The van der Waals surface area contributed by atoms with Gasteiger partial charge in [0, 0.05) is 6.20 Å². The van der Waals surface area contributed by atoms with E-state index in [4.69, 9.17) is 10.3 Å². The van der Waals surface area contributed by atoms with E-state index in [-0.39, 0.29) is 0 Å². The maximum absolute atomic E-state index is 5.86. The normalized spacial score (nSPS) is 12.0. The molecule has 6 nitrogen and oxygen atoms in total. The van der Waals surface area contributed by atoms with Crippen molar-refractivity contribution in [1.29, 1.82) is 0 Å². The highest BCUT2D eigenvalue weighted by molar-refractivity contribution is 14.1. The van der Waals surface area contributed by atoms with E-state index in [2.05, 4.69) is 37.8 Å². The summed E-state index contributed by atoms with van der Waals surface area (Å²) >= 11 is 2.19. The minimum atomic E-state index is -0.583. The molecule has 0 fully saturated rings. The zero-order valence-electron chi connectivity index (χ0n) is 9.01. The Morgan fingerprint density at radius 3 is 2.81 bits per heavy atom. The second-order valence-corrected chi connectivity index (χ2v) is 5.34. The van der Waals surface area contributed by atoms with Crippen LogP contribution in [0.5, 0.6) is 0 Å². The lowest BCUT2D eigenvalue weighted by Gasteiger charge is -2.11. The molecule has 2 aromatic rings. The summed E-state index contributed by atoms with van der Waals surface area (Å²) in [6.07, 6.45) is 3.67. The molecular weight excluding hydrogens is 321 g/mol. The van der Waals surface area contributed by atoms with E-state index in [9.17, 15) is 0 Å². The van der Waals surface area contributed by atoms with Gasteiger partial charge in [0.15, 0.2) is 5.82 Å². The summed E-state index contributed by atoms with van der Waals surface area (Å²) in [7, 11) is 0. The topological polar surface area (TPSA) is 82.8 Å². The third kappa shape index (κ3) is 2.59. The van der Waals surface area contributed by atoms with Gasteiger partial charge in [-0.15, -0.1) is 0 Å². The Morgan fingerprint density at radius 2 is 2.31 bits per heavy atom. The van der Waals surface area contributed by atoms with Crippen LogP contribution < -0.4 is 5.73 Å². The van der Waals surface area contributed by atoms with E-state index >= 15 is 0 Å². The fourth-order valence-corrected chi connectivity index (χ4v) is 1.59. The molecule has 0 amide bonds. The fraction of sp³-hybridized carbons (Fsp3) is 0.444. The number of rotatable bonds is 3.